The molecule has 7 nitrogen and oxygen atoms in total. The highest BCUT2D eigenvalue weighted by atomic mass is 35.5. The van der Waals surface area contributed by atoms with Crippen LogP contribution < -0.4 is 13.8 Å². The van der Waals surface area contributed by atoms with E-state index < -0.39 is 46.2 Å². The van der Waals surface area contributed by atoms with E-state index in [1.165, 1.54) is 48.5 Å². The van der Waals surface area contributed by atoms with Crippen LogP contribution in [0.25, 0.3) is 12.2 Å². The molecule has 1 atom stereocenters. The molecule has 0 aliphatic carbocycles. The molecule has 3 aromatic carbocycles. The Hall–Kier alpha value is -3.84. The van der Waals surface area contributed by atoms with E-state index in [1.54, 1.807) is 0 Å². The van der Waals surface area contributed by atoms with E-state index in [9.17, 15) is 35.2 Å². The summed E-state index contributed by atoms with van der Waals surface area (Å²) in [4.78, 5) is 10.7. The third-order valence-electron chi connectivity index (χ3n) is 6.01. The first-order valence-corrected chi connectivity index (χ1v) is 13.7. The molecule has 1 N–H and O–H groups in total. The third-order valence-corrected chi connectivity index (χ3v) is 8.12. The highest BCUT2D eigenvalue weighted by Crippen LogP contribution is 2.40. The van der Waals surface area contributed by atoms with Crippen LogP contribution in [-0.2, 0) is 21.0 Å². The molecule has 0 saturated carbocycles. The maximum atomic E-state index is 13.7. The molecule has 0 radical (unpaired) electrons. The summed E-state index contributed by atoms with van der Waals surface area (Å²) in [5.74, 6) is -1.45. The first-order valence-electron chi connectivity index (χ1n) is 11.9. The molecule has 1 aliphatic heterocycles. The van der Waals surface area contributed by atoms with Gasteiger partial charge in [0.1, 0.15) is 17.6 Å². The SMILES string of the molecule is O=C(O)CC[C@H]1CN(S(=O)(=O)c2cccc(OC(F)F)c2)c2cc(/C=C/c3c(Cl)cccc3C(F)(F)F)ccc2O1. The standard InChI is InChI=1S/C27H21ClF5NO6S/c28-22-6-2-5-21(27(31,32)33)20(22)10-7-16-8-11-24-23(13-16)34(15-18(39-24)9-12-25(35)36)41(37,38)19-4-1-3-17(14-19)40-26(29)30/h1-8,10-11,13-14,18,26H,9,12,15H2,(H,35,36)/b10-7+/t18-/m0/s1. The lowest BCUT2D eigenvalue weighted by Crippen LogP contribution is -2.43. The summed E-state index contributed by atoms with van der Waals surface area (Å²) in [5, 5.41) is 8.93. The van der Waals surface area contributed by atoms with Gasteiger partial charge >= 0.3 is 18.8 Å². The minimum atomic E-state index is -4.67. The molecule has 0 bridgehead atoms. The molecule has 0 aromatic heterocycles. The largest absolute Gasteiger partial charge is 0.486 e. The van der Waals surface area contributed by atoms with Gasteiger partial charge in [0.25, 0.3) is 10.0 Å². The number of aliphatic carboxylic acids is 1. The Morgan fingerprint density at radius 1 is 1.12 bits per heavy atom. The van der Waals surface area contributed by atoms with Gasteiger partial charge < -0.3 is 14.6 Å². The monoisotopic (exact) mass is 617 g/mol. The van der Waals surface area contributed by atoms with E-state index in [2.05, 4.69) is 4.74 Å². The van der Waals surface area contributed by atoms with Gasteiger partial charge in [0.05, 0.1) is 22.7 Å². The van der Waals surface area contributed by atoms with Gasteiger partial charge in [-0.2, -0.15) is 22.0 Å². The molecule has 4 rings (SSSR count). The predicted octanol–water partition coefficient (Wildman–Crippen LogP) is 6.95. The molecule has 41 heavy (non-hydrogen) atoms. The molecule has 3 aromatic rings. The van der Waals surface area contributed by atoms with E-state index in [4.69, 9.17) is 21.4 Å². The van der Waals surface area contributed by atoms with E-state index in [0.29, 0.717) is 5.56 Å². The molecule has 14 heteroatoms. The maximum absolute atomic E-state index is 13.7. The van der Waals surface area contributed by atoms with Crippen LogP contribution in [0.5, 0.6) is 11.5 Å². The van der Waals surface area contributed by atoms with Crippen LogP contribution >= 0.6 is 11.6 Å². The number of sulfonamides is 1. The molecule has 0 unspecified atom stereocenters. The third kappa shape index (κ3) is 7.09. The molecule has 0 amide bonds. The Balaban J connectivity index is 1.76. The lowest BCUT2D eigenvalue weighted by atomic mass is 10.0. The van der Waals surface area contributed by atoms with Crippen molar-refractivity contribution >= 4 is 45.4 Å². The van der Waals surface area contributed by atoms with Crippen LogP contribution in [0.4, 0.5) is 27.6 Å². The molecule has 218 valence electrons. The summed E-state index contributed by atoms with van der Waals surface area (Å²) in [5.41, 5.74) is -0.947. The summed E-state index contributed by atoms with van der Waals surface area (Å²) in [6.07, 6.45) is -3.43. The van der Waals surface area contributed by atoms with Crippen molar-refractivity contribution in [3.05, 3.63) is 82.4 Å². The van der Waals surface area contributed by atoms with Crippen LogP contribution in [0.3, 0.4) is 0 Å². The number of anilines is 1. The van der Waals surface area contributed by atoms with Crippen molar-refractivity contribution in [1.82, 2.24) is 0 Å². The molecule has 0 spiro atoms. The molecular weight excluding hydrogens is 597 g/mol. The van der Waals surface area contributed by atoms with E-state index in [1.807, 2.05) is 0 Å². The Bertz CT molecular complexity index is 1580. The fourth-order valence-corrected chi connectivity index (χ4v) is 5.94. The average molecular weight is 618 g/mol. The highest BCUT2D eigenvalue weighted by Gasteiger charge is 2.36. The van der Waals surface area contributed by atoms with E-state index in [-0.39, 0.29) is 46.3 Å². The fraction of sp³-hybridized carbons (Fsp3) is 0.222. The van der Waals surface area contributed by atoms with Crippen LogP contribution in [0.15, 0.2) is 65.6 Å². The second-order valence-electron chi connectivity index (χ2n) is 8.82. The first-order chi connectivity index (χ1) is 19.3. The van der Waals surface area contributed by atoms with Crippen molar-refractivity contribution in [3.8, 4) is 11.5 Å². The molecule has 0 saturated heterocycles. The van der Waals surface area contributed by atoms with Gasteiger partial charge in [0.15, 0.2) is 0 Å². The summed E-state index contributed by atoms with van der Waals surface area (Å²) in [6, 6.07) is 12.1. The van der Waals surface area contributed by atoms with Gasteiger partial charge in [-0.1, -0.05) is 42.0 Å². The normalized spacial score (nSPS) is 15.6. The minimum Gasteiger partial charge on any atom is -0.486 e. The minimum absolute atomic E-state index is 0.00843. The van der Waals surface area contributed by atoms with Gasteiger partial charge in [-0.25, -0.2) is 8.42 Å². The highest BCUT2D eigenvalue weighted by molar-refractivity contribution is 7.92. The zero-order valence-corrected chi connectivity index (χ0v) is 22.4. The Labute approximate surface area is 236 Å². The quantitative estimate of drug-likeness (QED) is 0.206. The topological polar surface area (TPSA) is 93.1 Å². The Kier molecular flexibility index (Phi) is 8.78. The van der Waals surface area contributed by atoms with E-state index in [0.717, 1.165) is 28.6 Å². The number of hydrogen-bond acceptors (Lipinski definition) is 5. The number of carboxylic acids is 1. The first kappa shape index (κ1) is 30.1. The van der Waals surface area contributed by atoms with Gasteiger partial charge in [-0.05, 0) is 48.4 Å². The molecule has 1 aliphatic rings. The number of rotatable bonds is 9. The zero-order valence-electron chi connectivity index (χ0n) is 20.8. The van der Waals surface area contributed by atoms with Crippen molar-refractivity contribution < 1.29 is 49.7 Å². The predicted molar refractivity (Wildman–Crippen MR) is 141 cm³/mol. The van der Waals surface area contributed by atoms with Crippen LogP contribution in [0, 0.1) is 0 Å². The van der Waals surface area contributed by atoms with Crippen molar-refractivity contribution in [2.24, 2.45) is 0 Å². The fourth-order valence-electron chi connectivity index (χ4n) is 4.17. The smallest absolute Gasteiger partial charge is 0.417 e. The number of alkyl halides is 5. The van der Waals surface area contributed by atoms with Crippen LogP contribution in [0.2, 0.25) is 5.02 Å². The Morgan fingerprint density at radius 3 is 2.54 bits per heavy atom. The second-order valence-corrected chi connectivity index (χ2v) is 11.1. The maximum Gasteiger partial charge on any atom is 0.417 e. The lowest BCUT2D eigenvalue weighted by molar-refractivity contribution is -0.138. The lowest BCUT2D eigenvalue weighted by Gasteiger charge is -2.35. The number of carbonyl (C=O) groups is 1. The Morgan fingerprint density at radius 2 is 1.85 bits per heavy atom. The number of ether oxygens (including phenoxy) is 2. The number of fused-ring (bicyclic) bond motifs is 1. The van der Waals surface area contributed by atoms with Gasteiger partial charge in [0, 0.05) is 23.1 Å². The van der Waals surface area contributed by atoms with Crippen molar-refractivity contribution in [2.75, 3.05) is 10.8 Å². The van der Waals surface area contributed by atoms with Gasteiger partial charge in [-0.3, -0.25) is 9.10 Å². The number of carboxylic acid groups (broad SMARTS) is 1. The molecule has 1 heterocycles. The molecule has 0 fully saturated rings. The van der Waals surface area contributed by atoms with Crippen molar-refractivity contribution in [1.29, 1.82) is 0 Å². The average Bonchev–Trinajstić information content (AvgIpc) is 2.89. The van der Waals surface area contributed by atoms with Crippen molar-refractivity contribution in [3.63, 3.8) is 0 Å². The van der Waals surface area contributed by atoms with Crippen molar-refractivity contribution in [2.45, 2.75) is 36.6 Å². The summed E-state index contributed by atoms with van der Waals surface area (Å²) in [7, 11) is -4.43. The summed E-state index contributed by atoms with van der Waals surface area (Å²) < 4.78 is 104. The van der Waals surface area contributed by atoms with E-state index >= 15 is 0 Å². The van der Waals surface area contributed by atoms with Crippen LogP contribution in [-0.4, -0.2) is 38.8 Å². The summed E-state index contributed by atoms with van der Waals surface area (Å²) >= 11 is 6.02. The summed E-state index contributed by atoms with van der Waals surface area (Å²) in [6.45, 7) is -3.51. The number of benzene rings is 3. The van der Waals surface area contributed by atoms with Gasteiger partial charge in [0.2, 0.25) is 0 Å². The van der Waals surface area contributed by atoms with Gasteiger partial charge in [-0.15, -0.1) is 0 Å². The number of halogens is 6. The zero-order chi connectivity index (χ0) is 29.9. The number of hydrogen-bond donors (Lipinski definition) is 1. The number of nitrogens with zero attached hydrogens (tertiary/aromatic N) is 1. The van der Waals surface area contributed by atoms with Crippen LogP contribution in [0.1, 0.15) is 29.5 Å². The second kappa shape index (κ2) is 12.0. The molecular formula is C27H21ClF5NO6S.